The highest BCUT2D eigenvalue weighted by Crippen LogP contribution is 2.27. The molecule has 0 saturated carbocycles. The van der Waals surface area contributed by atoms with E-state index in [1.165, 1.54) is 0 Å². The Morgan fingerprint density at radius 1 is 1.53 bits per heavy atom. The summed E-state index contributed by atoms with van der Waals surface area (Å²) in [5, 5.41) is 5.48. The van der Waals surface area contributed by atoms with Gasteiger partial charge in [0, 0.05) is 19.4 Å². The fourth-order valence-corrected chi connectivity index (χ4v) is 2.34. The van der Waals surface area contributed by atoms with Gasteiger partial charge in [-0.15, -0.1) is 11.8 Å². The lowest BCUT2D eigenvalue weighted by Gasteiger charge is -2.05. The zero-order valence-corrected chi connectivity index (χ0v) is 10.4. The minimum atomic E-state index is 0.737. The van der Waals surface area contributed by atoms with E-state index < -0.39 is 0 Å². The average molecular weight is 229 g/mol. The van der Waals surface area contributed by atoms with E-state index in [4.69, 9.17) is 10.5 Å². The standard InChI is InChI=1S/C10H19N3OS/c1-4-5-13-10(15-7-6-14-3)9(11)8(2)12-13/h4-7,11H2,1-3H3. The second-order valence-corrected chi connectivity index (χ2v) is 4.45. The minimum Gasteiger partial charge on any atom is -0.395 e. The molecule has 5 heteroatoms. The van der Waals surface area contributed by atoms with Crippen LogP contribution in [0.4, 0.5) is 5.69 Å². The van der Waals surface area contributed by atoms with Crippen molar-refractivity contribution in [3.63, 3.8) is 0 Å². The molecule has 1 heterocycles. The van der Waals surface area contributed by atoms with E-state index in [9.17, 15) is 0 Å². The van der Waals surface area contributed by atoms with Crippen molar-refractivity contribution < 1.29 is 4.74 Å². The maximum Gasteiger partial charge on any atom is 0.117 e. The fourth-order valence-electron chi connectivity index (χ4n) is 1.31. The third-order valence-electron chi connectivity index (χ3n) is 2.09. The summed E-state index contributed by atoms with van der Waals surface area (Å²) in [4.78, 5) is 0. The molecule has 0 bridgehead atoms. The van der Waals surface area contributed by atoms with Crippen molar-refractivity contribution in [2.45, 2.75) is 31.8 Å². The molecule has 2 N–H and O–H groups in total. The van der Waals surface area contributed by atoms with Crippen molar-refractivity contribution in [3.8, 4) is 0 Å². The molecule has 0 aliphatic carbocycles. The number of nitrogens with two attached hydrogens (primary N) is 1. The van der Waals surface area contributed by atoms with E-state index in [0.717, 1.165) is 41.7 Å². The van der Waals surface area contributed by atoms with Crippen LogP contribution < -0.4 is 5.73 Å². The number of hydrogen-bond acceptors (Lipinski definition) is 4. The third kappa shape index (κ3) is 3.14. The van der Waals surface area contributed by atoms with E-state index in [2.05, 4.69) is 12.0 Å². The number of ether oxygens (including phenoxy) is 1. The highest BCUT2D eigenvalue weighted by Gasteiger charge is 2.11. The average Bonchev–Trinajstić information content (AvgIpc) is 2.47. The van der Waals surface area contributed by atoms with Gasteiger partial charge in [0.1, 0.15) is 5.03 Å². The van der Waals surface area contributed by atoms with Crippen LogP contribution in [0.25, 0.3) is 0 Å². The Morgan fingerprint density at radius 2 is 2.27 bits per heavy atom. The summed E-state index contributed by atoms with van der Waals surface area (Å²) in [6.07, 6.45) is 1.07. The van der Waals surface area contributed by atoms with Gasteiger partial charge < -0.3 is 10.5 Å². The zero-order valence-electron chi connectivity index (χ0n) is 9.62. The third-order valence-corrected chi connectivity index (χ3v) is 3.16. The Balaban J connectivity index is 2.73. The molecular formula is C10H19N3OS. The Kier molecular flexibility index (Phi) is 4.98. The molecule has 0 saturated heterocycles. The number of hydrogen-bond donors (Lipinski definition) is 1. The summed E-state index contributed by atoms with van der Waals surface area (Å²) in [5.74, 6) is 0.912. The molecule has 15 heavy (non-hydrogen) atoms. The molecule has 0 spiro atoms. The van der Waals surface area contributed by atoms with Crippen LogP contribution in [0.2, 0.25) is 0 Å². The molecule has 0 atom stereocenters. The lowest BCUT2D eigenvalue weighted by molar-refractivity contribution is 0.218. The van der Waals surface area contributed by atoms with Crippen molar-refractivity contribution in [1.29, 1.82) is 0 Å². The SMILES string of the molecule is CCCn1nc(C)c(N)c1SCCOC. The summed E-state index contributed by atoms with van der Waals surface area (Å²) in [6.45, 7) is 5.74. The molecule has 4 nitrogen and oxygen atoms in total. The van der Waals surface area contributed by atoms with Crippen LogP contribution in [0, 0.1) is 6.92 Å². The van der Waals surface area contributed by atoms with E-state index in [1.807, 2.05) is 11.6 Å². The lowest BCUT2D eigenvalue weighted by Crippen LogP contribution is -2.03. The van der Waals surface area contributed by atoms with E-state index >= 15 is 0 Å². The second-order valence-electron chi connectivity index (χ2n) is 3.37. The van der Waals surface area contributed by atoms with Gasteiger partial charge in [-0.3, -0.25) is 4.68 Å². The number of aryl methyl sites for hydroxylation is 2. The molecule has 0 amide bonds. The molecule has 1 aromatic rings. The number of aromatic nitrogens is 2. The Hall–Kier alpha value is -0.680. The minimum absolute atomic E-state index is 0.737. The number of methoxy groups -OCH3 is 1. The van der Waals surface area contributed by atoms with Gasteiger partial charge >= 0.3 is 0 Å². The van der Waals surface area contributed by atoms with E-state index in [1.54, 1.807) is 18.9 Å². The molecule has 0 unspecified atom stereocenters. The Labute approximate surface area is 95.2 Å². The first-order chi connectivity index (χ1) is 7.20. The van der Waals surface area contributed by atoms with Crippen LogP contribution >= 0.6 is 11.8 Å². The molecule has 0 aromatic carbocycles. The first-order valence-electron chi connectivity index (χ1n) is 5.15. The van der Waals surface area contributed by atoms with Gasteiger partial charge in [-0.1, -0.05) is 6.92 Å². The summed E-state index contributed by atoms with van der Waals surface area (Å²) in [7, 11) is 1.71. The van der Waals surface area contributed by atoms with Crippen molar-refractivity contribution in [2.75, 3.05) is 25.2 Å². The molecule has 0 fully saturated rings. The van der Waals surface area contributed by atoms with Crippen LogP contribution in [-0.4, -0.2) is 29.3 Å². The number of rotatable bonds is 6. The predicted molar refractivity (Wildman–Crippen MR) is 64.3 cm³/mol. The van der Waals surface area contributed by atoms with Crippen molar-refractivity contribution in [1.82, 2.24) is 9.78 Å². The van der Waals surface area contributed by atoms with Crippen LogP contribution in [0.15, 0.2) is 5.03 Å². The number of thioether (sulfide) groups is 1. The normalized spacial score (nSPS) is 10.9. The smallest absolute Gasteiger partial charge is 0.117 e. The maximum absolute atomic E-state index is 5.97. The molecule has 0 aliphatic rings. The molecule has 1 rings (SSSR count). The number of nitrogens with zero attached hydrogens (tertiary/aromatic N) is 2. The van der Waals surface area contributed by atoms with Crippen LogP contribution in [-0.2, 0) is 11.3 Å². The van der Waals surface area contributed by atoms with Crippen LogP contribution in [0.5, 0.6) is 0 Å². The first-order valence-corrected chi connectivity index (χ1v) is 6.13. The molecule has 86 valence electrons. The van der Waals surface area contributed by atoms with Crippen LogP contribution in [0.1, 0.15) is 19.0 Å². The first kappa shape index (κ1) is 12.4. The molecule has 0 radical (unpaired) electrons. The van der Waals surface area contributed by atoms with Crippen LogP contribution in [0.3, 0.4) is 0 Å². The number of anilines is 1. The Morgan fingerprint density at radius 3 is 2.87 bits per heavy atom. The van der Waals surface area contributed by atoms with Gasteiger partial charge in [0.25, 0.3) is 0 Å². The van der Waals surface area contributed by atoms with Gasteiger partial charge in [-0.2, -0.15) is 5.10 Å². The number of nitrogen functional groups attached to an aromatic ring is 1. The largest absolute Gasteiger partial charge is 0.395 e. The van der Waals surface area contributed by atoms with Crippen molar-refractivity contribution in [3.05, 3.63) is 5.69 Å². The lowest BCUT2D eigenvalue weighted by atomic mass is 10.4. The summed E-state index contributed by atoms with van der Waals surface area (Å²) >= 11 is 1.71. The Bertz CT molecular complexity index is 312. The second kappa shape index (κ2) is 6.02. The van der Waals surface area contributed by atoms with Gasteiger partial charge in [-0.25, -0.2) is 0 Å². The highest BCUT2D eigenvalue weighted by molar-refractivity contribution is 7.99. The van der Waals surface area contributed by atoms with Gasteiger partial charge in [0.15, 0.2) is 0 Å². The monoisotopic (exact) mass is 229 g/mol. The zero-order chi connectivity index (χ0) is 11.3. The summed E-state index contributed by atoms with van der Waals surface area (Å²) in [6, 6.07) is 0. The van der Waals surface area contributed by atoms with Crippen molar-refractivity contribution in [2.24, 2.45) is 0 Å². The van der Waals surface area contributed by atoms with E-state index in [-0.39, 0.29) is 0 Å². The van der Waals surface area contributed by atoms with Gasteiger partial charge in [-0.05, 0) is 13.3 Å². The predicted octanol–water partition coefficient (Wildman–Crippen LogP) is 1.92. The molecular weight excluding hydrogens is 210 g/mol. The molecule has 1 aromatic heterocycles. The van der Waals surface area contributed by atoms with Gasteiger partial charge in [0.2, 0.25) is 0 Å². The van der Waals surface area contributed by atoms with Gasteiger partial charge in [0.05, 0.1) is 18.0 Å². The highest BCUT2D eigenvalue weighted by atomic mass is 32.2. The summed E-state index contributed by atoms with van der Waals surface area (Å²) in [5.41, 5.74) is 7.70. The maximum atomic E-state index is 5.97. The summed E-state index contributed by atoms with van der Waals surface area (Å²) < 4.78 is 7.01. The van der Waals surface area contributed by atoms with E-state index in [0.29, 0.717) is 0 Å². The van der Waals surface area contributed by atoms with Crippen molar-refractivity contribution >= 4 is 17.4 Å². The fraction of sp³-hybridized carbons (Fsp3) is 0.700. The topological polar surface area (TPSA) is 53.1 Å². The molecule has 0 aliphatic heterocycles. The quantitative estimate of drug-likeness (QED) is 0.598.